The number of carbonyl (C=O) groups is 2. The molecule has 0 saturated heterocycles. The van der Waals surface area contributed by atoms with Crippen molar-refractivity contribution < 1.29 is 23.4 Å². The van der Waals surface area contributed by atoms with E-state index in [4.69, 9.17) is 20.9 Å². The Bertz CT molecular complexity index is 1250. The average Bonchev–Trinajstić information content (AvgIpc) is 3.16. The summed E-state index contributed by atoms with van der Waals surface area (Å²) in [6, 6.07) is 10.9. The van der Waals surface area contributed by atoms with Crippen molar-refractivity contribution in [3.63, 3.8) is 0 Å². The maximum Gasteiger partial charge on any atom is 0.313 e. The van der Waals surface area contributed by atoms with Crippen LogP contribution in [0.15, 0.2) is 54.2 Å². The van der Waals surface area contributed by atoms with E-state index in [2.05, 4.69) is 4.98 Å². The highest BCUT2D eigenvalue weighted by molar-refractivity contribution is 7.59. The number of esters is 1. The molecule has 7 nitrogen and oxygen atoms in total. The van der Waals surface area contributed by atoms with Gasteiger partial charge < -0.3 is 4.74 Å². The van der Waals surface area contributed by atoms with Crippen LogP contribution in [-0.4, -0.2) is 36.5 Å². The molecule has 0 bridgehead atoms. The Balaban J connectivity index is 1.83. The summed E-state index contributed by atoms with van der Waals surface area (Å²) < 4.78 is 24.3. The lowest BCUT2D eigenvalue weighted by Gasteiger charge is -2.21. The zero-order valence-corrected chi connectivity index (χ0v) is 21.8. The molecule has 0 radical (unpaired) electrons. The van der Waals surface area contributed by atoms with E-state index < -0.39 is 31.5 Å². The molecule has 0 aliphatic heterocycles. The molecule has 1 unspecified atom stereocenters. The molecule has 1 aromatic carbocycles. The van der Waals surface area contributed by atoms with Crippen LogP contribution in [0.5, 0.6) is 0 Å². The van der Waals surface area contributed by atoms with Gasteiger partial charge in [0.15, 0.2) is 6.79 Å². The fourth-order valence-electron chi connectivity index (χ4n) is 2.87. The van der Waals surface area contributed by atoms with Gasteiger partial charge in [0, 0.05) is 39.6 Å². The zero-order chi connectivity index (χ0) is 24.9. The lowest BCUT2D eigenvalue weighted by molar-refractivity contribution is -0.159. The van der Waals surface area contributed by atoms with Crippen molar-refractivity contribution in [2.75, 3.05) is 24.5 Å². The third kappa shape index (κ3) is 7.00. The van der Waals surface area contributed by atoms with Crippen LogP contribution in [-0.2, 0) is 23.4 Å². The Kier molecular flexibility index (Phi) is 8.31. The molecule has 2 aromatic heterocycles. The number of nitrogens with zero attached hydrogens (tertiary/aromatic N) is 2. The van der Waals surface area contributed by atoms with Crippen molar-refractivity contribution in [1.29, 1.82) is 0 Å². The molecular weight excluding hydrogens is 495 g/mol. The Morgan fingerprint density at radius 1 is 1.24 bits per heavy atom. The summed E-state index contributed by atoms with van der Waals surface area (Å²) in [5.74, 6) is -0.930. The van der Waals surface area contributed by atoms with Gasteiger partial charge in [0.25, 0.3) is 0 Å². The first-order chi connectivity index (χ1) is 16.0. The van der Waals surface area contributed by atoms with Crippen molar-refractivity contribution in [1.82, 2.24) is 4.98 Å². The average molecular weight is 521 g/mol. The Hall–Kier alpha value is -2.51. The first-order valence-corrected chi connectivity index (χ1v) is 13.9. The van der Waals surface area contributed by atoms with Gasteiger partial charge in [0.05, 0.1) is 16.8 Å². The van der Waals surface area contributed by atoms with E-state index in [0.717, 1.165) is 10.1 Å². The molecular formula is C24H26ClN2O5PS. The van der Waals surface area contributed by atoms with E-state index in [1.165, 1.54) is 22.9 Å². The molecule has 3 rings (SSSR count). The van der Waals surface area contributed by atoms with Crippen LogP contribution in [0.1, 0.15) is 26.5 Å². The van der Waals surface area contributed by atoms with Gasteiger partial charge in [-0.1, -0.05) is 17.7 Å². The number of carbonyl (C=O) groups excluding carboxylic acids is 2. The fraction of sp³-hybridized carbons (Fsp3) is 0.292. The van der Waals surface area contributed by atoms with Crippen molar-refractivity contribution in [3.05, 3.63) is 64.9 Å². The number of rotatable bonds is 8. The molecule has 2 heterocycles. The lowest BCUT2D eigenvalue weighted by Crippen LogP contribution is -2.28. The van der Waals surface area contributed by atoms with Gasteiger partial charge in [0.2, 0.25) is 13.3 Å². The number of benzene rings is 1. The second-order valence-electron chi connectivity index (χ2n) is 8.70. The number of hydrogen-bond acceptors (Lipinski definition) is 7. The highest BCUT2D eigenvalue weighted by atomic mass is 35.5. The molecule has 0 N–H and O–H groups in total. The number of ether oxygens (including phenoxy) is 1. The van der Waals surface area contributed by atoms with Crippen molar-refractivity contribution in [3.8, 4) is 0 Å². The molecule has 0 aliphatic rings. The maximum absolute atomic E-state index is 13.3. The number of anilines is 1. The van der Waals surface area contributed by atoms with Gasteiger partial charge in [-0.2, -0.15) is 0 Å². The van der Waals surface area contributed by atoms with Crippen LogP contribution in [0.25, 0.3) is 16.2 Å². The molecule has 3 aromatic rings. The minimum atomic E-state index is -3.42. The van der Waals surface area contributed by atoms with Gasteiger partial charge >= 0.3 is 5.97 Å². The smallest absolute Gasteiger partial charge is 0.313 e. The minimum Gasteiger partial charge on any atom is -0.438 e. The Morgan fingerprint density at radius 2 is 2.00 bits per heavy atom. The predicted molar refractivity (Wildman–Crippen MR) is 137 cm³/mol. The number of thiophene rings is 1. The van der Waals surface area contributed by atoms with Gasteiger partial charge in [0.1, 0.15) is 6.16 Å². The minimum absolute atomic E-state index is 0.384. The SMILES string of the molecule is CC(C)(C)C(=O)OCOP(C)(=O)CC(=O)N(/C=C/c1ccccn1)c1csc2ccc(Cl)cc12. The number of halogens is 1. The number of aromatic nitrogens is 1. The molecule has 1 amide bonds. The van der Waals surface area contributed by atoms with E-state index in [-0.39, 0.29) is 6.16 Å². The number of hydrogen-bond donors (Lipinski definition) is 0. The zero-order valence-electron chi connectivity index (χ0n) is 19.4. The highest BCUT2D eigenvalue weighted by Gasteiger charge is 2.28. The molecule has 10 heteroatoms. The van der Waals surface area contributed by atoms with Gasteiger partial charge in [-0.15, -0.1) is 11.3 Å². The van der Waals surface area contributed by atoms with E-state index in [9.17, 15) is 14.2 Å². The predicted octanol–water partition coefficient (Wildman–Crippen LogP) is 6.42. The number of fused-ring (bicyclic) bond motifs is 1. The summed E-state index contributed by atoms with van der Waals surface area (Å²) in [5.41, 5.74) is 0.548. The topological polar surface area (TPSA) is 85.8 Å². The molecule has 0 aliphatic carbocycles. The van der Waals surface area contributed by atoms with E-state index in [0.29, 0.717) is 16.4 Å². The number of amides is 1. The van der Waals surface area contributed by atoms with Crippen LogP contribution in [0, 0.1) is 5.41 Å². The summed E-state index contributed by atoms with van der Waals surface area (Å²) in [7, 11) is -3.42. The fourth-order valence-corrected chi connectivity index (χ4v) is 4.97. The van der Waals surface area contributed by atoms with Crippen LogP contribution < -0.4 is 4.90 Å². The third-order valence-corrected chi connectivity index (χ3v) is 7.36. The number of pyridine rings is 1. The Labute approximate surface area is 207 Å². The first kappa shape index (κ1) is 26.1. The lowest BCUT2D eigenvalue weighted by atomic mass is 9.98. The quantitative estimate of drug-likeness (QED) is 0.193. The summed E-state index contributed by atoms with van der Waals surface area (Å²) in [5, 5.41) is 3.18. The van der Waals surface area contributed by atoms with Crippen LogP contribution in [0.2, 0.25) is 5.02 Å². The van der Waals surface area contributed by atoms with Crippen LogP contribution in [0.4, 0.5) is 5.69 Å². The van der Waals surface area contributed by atoms with Crippen molar-refractivity contribution >= 4 is 64.0 Å². The summed E-state index contributed by atoms with van der Waals surface area (Å²) >= 11 is 7.66. The molecule has 0 fully saturated rings. The first-order valence-electron chi connectivity index (χ1n) is 10.4. The van der Waals surface area contributed by atoms with Crippen molar-refractivity contribution in [2.45, 2.75) is 20.8 Å². The molecule has 0 saturated carbocycles. The standard InChI is InChI=1S/C24H26ClN2O5PS/c1-24(2,3)23(29)31-16-32-33(4,30)14-22(28)27(12-10-18-7-5-6-11-26-18)20-15-34-21-9-8-17(25)13-19(20)21/h5-13,15H,14,16H2,1-4H3/b12-10+. The van der Waals surface area contributed by atoms with E-state index in [1.54, 1.807) is 63.5 Å². The largest absolute Gasteiger partial charge is 0.438 e. The van der Waals surface area contributed by atoms with Crippen LogP contribution in [0.3, 0.4) is 0 Å². The third-order valence-electron chi connectivity index (χ3n) is 4.68. The highest BCUT2D eigenvalue weighted by Crippen LogP contribution is 2.44. The summed E-state index contributed by atoms with van der Waals surface area (Å²) in [6.07, 6.45) is 4.55. The van der Waals surface area contributed by atoms with Gasteiger partial charge in [-0.25, -0.2) is 0 Å². The normalized spacial score (nSPS) is 13.7. The Morgan fingerprint density at radius 3 is 2.68 bits per heavy atom. The van der Waals surface area contributed by atoms with Crippen molar-refractivity contribution in [2.24, 2.45) is 5.41 Å². The maximum atomic E-state index is 13.3. The second kappa shape index (κ2) is 10.8. The van der Waals surface area contributed by atoms with E-state index in [1.807, 2.05) is 17.5 Å². The molecule has 34 heavy (non-hydrogen) atoms. The van der Waals surface area contributed by atoms with Crippen LogP contribution >= 0.6 is 30.3 Å². The molecule has 1 atom stereocenters. The second-order valence-corrected chi connectivity index (χ2v) is 12.6. The molecule has 180 valence electrons. The summed E-state index contributed by atoms with van der Waals surface area (Å²) in [6.45, 7) is 5.96. The van der Waals surface area contributed by atoms with Gasteiger partial charge in [-0.05, 0) is 57.2 Å². The molecule has 0 spiro atoms. The monoisotopic (exact) mass is 520 g/mol. The van der Waals surface area contributed by atoms with Gasteiger partial charge in [-0.3, -0.25) is 28.6 Å². The summed E-state index contributed by atoms with van der Waals surface area (Å²) in [4.78, 5) is 30.9. The van der Waals surface area contributed by atoms with E-state index >= 15 is 0 Å².